The third kappa shape index (κ3) is 2.22. The molecule has 4 atom stereocenters. The van der Waals surface area contributed by atoms with Crippen molar-refractivity contribution in [2.75, 3.05) is 20.1 Å². The molecule has 112 valence electrons. The molecule has 2 aliphatic carbocycles. The molecule has 0 radical (unpaired) electrons. The van der Waals surface area contributed by atoms with Crippen molar-refractivity contribution in [1.82, 2.24) is 10.2 Å². The van der Waals surface area contributed by atoms with Crippen molar-refractivity contribution in [3.05, 3.63) is 0 Å². The van der Waals surface area contributed by atoms with E-state index in [-0.39, 0.29) is 29.7 Å². The maximum absolute atomic E-state index is 12.7. The molecule has 3 fully saturated rings. The normalized spacial score (nSPS) is 37.2. The van der Waals surface area contributed by atoms with E-state index in [1.165, 1.54) is 12.8 Å². The van der Waals surface area contributed by atoms with Crippen molar-refractivity contribution in [1.29, 1.82) is 0 Å². The fourth-order valence-electron chi connectivity index (χ4n) is 4.48. The van der Waals surface area contributed by atoms with Crippen LogP contribution in [0.5, 0.6) is 0 Å². The minimum Gasteiger partial charge on any atom is -0.359 e. The Labute approximate surface area is 120 Å². The summed E-state index contributed by atoms with van der Waals surface area (Å²) in [5.41, 5.74) is 6.26. The van der Waals surface area contributed by atoms with Gasteiger partial charge in [-0.3, -0.25) is 9.59 Å². The summed E-state index contributed by atoms with van der Waals surface area (Å²) < 4.78 is 0. The van der Waals surface area contributed by atoms with Gasteiger partial charge in [-0.05, 0) is 43.9 Å². The van der Waals surface area contributed by atoms with Gasteiger partial charge in [0.15, 0.2) is 0 Å². The minimum atomic E-state index is 0.0466. The summed E-state index contributed by atoms with van der Waals surface area (Å²) in [6.45, 7) is 1.41. The van der Waals surface area contributed by atoms with Gasteiger partial charge in [-0.25, -0.2) is 0 Å². The molecule has 0 aromatic carbocycles. The van der Waals surface area contributed by atoms with E-state index in [0.29, 0.717) is 24.9 Å². The lowest BCUT2D eigenvalue weighted by atomic mass is 9.83. The van der Waals surface area contributed by atoms with E-state index >= 15 is 0 Å². The number of nitrogens with two attached hydrogens (primary N) is 1. The fraction of sp³-hybridized carbons (Fsp3) is 0.867. The number of rotatable bonds is 2. The molecule has 2 amide bonds. The first-order valence-corrected chi connectivity index (χ1v) is 7.87. The number of nitrogens with zero attached hydrogens (tertiary/aromatic N) is 1. The van der Waals surface area contributed by atoms with E-state index in [2.05, 4.69) is 5.32 Å². The van der Waals surface area contributed by atoms with Crippen molar-refractivity contribution in [2.45, 2.75) is 38.1 Å². The molecular formula is C15H25N3O2. The Balaban J connectivity index is 1.58. The summed E-state index contributed by atoms with van der Waals surface area (Å²) in [4.78, 5) is 26.3. The van der Waals surface area contributed by atoms with Crippen molar-refractivity contribution < 1.29 is 9.59 Å². The van der Waals surface area contributed by atoms with Gasteiger partial charge in [-0.1, -0.05) is 0 Å². The van der Waals surface area contributed by atoms with Gasteiger partial charge in [0.2, 0.25) is 11.8 Å². The smallest absolute Gasteiger partial charge is 0.227 e. The molecule has 0 aromatic heterocycles. The standard InChI is InChI=1S/C15H25N3O2/c1-17-14(19)9-4-6-18(7-5-9)15(20)12-10-2-3-11(8-10)13(12)16/h9-13H,2-8,16H2,1H3,(H,17,19). The van der Waals surface area contributed by atoms with Crippen LogP contribution in [-0.2, 0) is 9.59 Å². The molecule has 1 aliphatic heterocycles. The van der Waals surface area contributed by atoms with E-state index < -0.39 is 0 Å². The Bertz CT molecular complexity index is 402. The number of carbonyl (C=O) groups is 2. The van der Waals surface area contributed by atoms with Crippen molar-refractivity contribution in [3.8, 4) is 0 Å². The van der Waals surface area contributed by atoms with Gasteiger partial charge in [0.25, 0.3) is 0 Å². The van der Waals surface area contributed by atoms with Crippen LogP contribution in [0.1, 0.15) is 32.1 Å². The van der Waals surface area contributed by atoms with E-state index in [0.717, 1.165) is 19.3 Å². The summed E-state index contributed by atoms with van der Waals surface area (Å²) in [5, 5.41) is 2.70. The zero-order valence-corrected chi connectivity index (χ0v) is 12.2. The van der Waals surface area contributed by atoms with Crippen LogP contribution in [0.25, 0.3) is 0 Å². The predicted octanol–water partition coefficient (Wildman–Crippen LogP) is 0.344. The van der Waals surface area contributed by atoms with Gasteiger partial charge in [-0.15, -0.1) is 0 Å². The highest BCUT2D eigenvalue weighted by atomic mass is 16.2. The Morgan fingerprint density at radius 1 is 1.10 bits per heavy atom. The monoisotopic (exact) mass is 279 g/mol. The number of nitrogens with one attached hydrogen (secondary N) is 1. The highest BCUT2D eigenvalue weighted by Crippen LogP contribution is 2.48. The Morgan fingerprint density at radius 2 is 1.75 bits per heavy atom. The van der Waals surface area contributed by atoms with Crippen LogP contribution in [-0.4, -0.2) is 42.9 Å². The van der Waals surface area contributed by atoms with E-state index in [9.17, 15) is 9.59 Å². The SMILES string of the molecule is CNC(=O)C1CCN(C(=O)C2C3CCC(C3)C2N)CC1. The molecule has 2 bridgehead atoms. The van der Waals surface area contributed by atoms with E-state index in [4.69, 9.17) is 5.73 Å². The summed E-state index contributed by atoms with van der Waals surface area (Å²) in [6, 6.07) is 0.0675. The fourth-order valence-corrected chi connectivity index (χ4v) is 4.48. The van der Waals surface area contributed by atoms with Crippen LogP contribution < -0.4 is 11.1 Å². The molecule has 5 heteroatoms. The first-order chi connectivity index (χ1) is 9.61. The van der Waals surface area contributed by atoms with E-state index in [1.54, 1.807) is 7.05 Å². The molecule has 3 aliphatic rings. The molecular weight excluding hydrogens is 254 g/mol. The lowest BCUT2D eigenvalue weighted by Gasteiger charge is -2.36. The average molecular weight is 279 g/mol. The largest absolute Gasteiger partial charge is 0.359 e. The lowest BCUT2D eigenvalue weighted by molar-refractivity contribution is -0.141. The number of carbonyl (C=O) groups excluding carboxylic acids is 2. The van der Waals surface area contributed by atoms with Crippen molar-refractivity contribution >= 4 is 11.8 Å². The third-order valence-corrected chi connectivity index (χ3v) is 5.69. The topological polar surface area (TPSA) is 75.4 Å². The van der Waals surface area contributed by atoms with Gasteiger partial charge in [0.1, 0.15) is 0 Å². The minimum absolute atomic E-state index is 0.0466. The molecule has 1 saturated heterocycles. The molecule has 3 rings (SSSR count). The third-order valence-electron chi connectivity index (χ3n) is 5.69. The quantitative estimate of drug-likeness (QED) is 0.765. The van der Waals surface area contributed by atoms with Gasteiger partial charge >= 0.3 is 0 Å². The van der Waals surface area contributed by atoms with Crippen LogP contribution in [0.4, 0.5) is 0 Å². The second-order valence-electron chi connectivity index (χ2n) is 6.65. The van der Waals surface area contributed by atoms with Gasteiger partial charge < -0.3 is 16.0 Å². The first kappa shape index (κ1) is 13.9. The van der Waals surface area contributed by atoms with Crippen LogP contribution in [0.3, 0.4) is 0 Å². The van der Waals surface area contributed by atoms with Gasteiger partial charge in [0, 0.05) is 32.1 Å². The Hall–Kier alpha value is -1.10. The zero-order valence-electron chi connectivity index (χ0n) is 12.2. The summed E-state index contributed by atoms with van der Waals surface area (Å²) >= 11 is 0. The zero-order chi connectivity index (χ0) is 14.3. The predicted molar refractivity (Wildman–Crippen MR) is 75.7 cm³/mol. The number of likely N-dealkylation sites (tertiary alicyclic amines) is 1. The molecule has 1 heterocycles. The highest BCUT2D eigenvalue weighted by Gasteiger charge is 2.50. The summed E-state index contributed by atoms with van der Waals surface area (Å²) in [6.07, 6.45) is 5.08. The molecule has 0 aromatic rings. The first-order valence-electron chi connectivity index (χ1n) is 7.87. The second kappa shape index (κ2) is 5.35. The number of hydrogen-bond donors (Lipinski definition) is 2. The molecule has 20 heavy (non-hydrogen) atoms. The van der Waals surface area contributed by atoms with Crippen molar-refractivity contribution in [3.63, 3.8) is 0 Å². The number of hydrogen-bond acceptors (Lipinski definition) is 3. The molecule has 2 saturated carbocycles. The van der Waals surface area contributed by atoms with E-state index in [1.807, 2.05) is 4.90 Å². The average Bonchev–Trinajstić information content (AvgIpc) is 3.07. The number of amides is 2. The summed E-state index contributed by atoms with van der Waals surface area (Å²) in [7, 11) is 1.67. The maximum Gasteiger partial charge on any atom is 0.227 e. The molecule has 4 unspecified atom stereocenters. The van der Waals surface area contributed by atoms with Crippen LogP contribution in [0, 0.1) is 23.7 Å². The number of fused-ring (bicyclic) bond motifs is 2. The lowest BCUT2D eigenvalue weighted by Crippen LogP contribution is -2.50. The second-order valence-corrected chi connectivity index (χ2v) is 6.65. The molecule has 3 N–H and O–H groups in total. The van der Waals surface area contributed by atoms with Crippen molar-refractivity contribution in [2.24, 2.45) is 29.4 Å². The molecule has 0 spiro atoms. The van der Waals surface area contributed by atoms with Crippen LogP contribution in [0.2, 0.25) is 0 Å². The Morgan fingerprint density at radius 3 is 2.30 bits per heavy atom. The van der Waals surface area contributed by atoms with Crippen LogP contribution in [0.15, 0.2) is 0 Å². The van der Waals surface area contributed by atoms with Gasteiger partial charge in [0.05, 0.1) is 5.92 Å². The Kier molecular flexibility index (Phi) is 3.71. The summed E-state index contributed by atoms with van der Waals surface area (Å²) in [5.74, 6) is 1.55. The number of piperidine rings is 1. The highest BCUT2D eigenvalue weighted by molar-refractivity contribution is 5.82. The van der Waals surface area contributed by atoms with Crippen LogP contribution >= 0.6 is 0 Å². The molecule has 5 nitrogen and oxygen atoms in total. The van der Waals surface area contributed by atoms with Gasteiger partial charge in [-0.2, -0.15) is 0 Å². The maximum atomic E-state index is 12.7.